The molecule has 0 aliphatic heterocycles. The fourth-order valence-corrected chi connectivity index (χ4v) is 2.69. The molecule has 3 heteroatoms. The molecular formula is C14H18O3. The average Bonchev–Trinajstić information content (AvgIpc) is 2.76. The number of ether oxygens (including phenoxy) is 1. The minimum Gasteiger partial charge on any atom is -0.508 e. The summed E-state index contributed by atoms with van der Waals surface area (Å²) >= 11 is 0. The fourth-order valence-electron chi connectivity index (χ4n) is 2.69. The average molecular weight is 234 g/mol. The van der Waals surface area contributed by atoms with Gasteiger partial charge in [-0.2, -0.15) is 0 Å². The number of carbonyl (C=O) groups excluding carboxylic acids is 1. The number of esters is 1. The van der Waals surface area contributed by atoms with E-state index in [0.29, 0.717) is 5.56 Å². The van der Waals surface area contributed by atoms with Gasteiger partial charge in [0.2, 0.25) is 0 Å². The van der Waals surface area contributed by atoms with Crippen molar-refractivity contribution in [3.63, 3.8) is 0 Å². The molecule has 0 unspecified atom stereocenters. The SMILES string of the molecule is COC(=O)c1ccc(O)c(C2(C)CCCC2)c1. The third kappa shape index (κ3) is 2.14. The highest BCUT2D eigenvalue weighted by atomic mass is 16.5. The summed E-state index contributed by atoms with van der Waals surface area (Å²) in [5.41, 5.74) is 1.38. The Labute approximate surface area is 101 Å². The Hall–Kier alpha value is -1.51. The van der Waals surface area contributed by atoms with Gasteiger partial charge in [0.15, 0.2) is 0 Å². The molecule has 0 bridgehead atoms. The van der Waals surface area contributed by atoms with E-state index in [0.717, 1.165) is 18.4 Å². The molecule has 1 aromatic carbocycles. The van der Waals surface area contributed by atoms with E-state index in [-0.39, 0.29) is 17.1 Å². The van der Waals surface area contributed by atoms with E-state index < -0.39 is 0 Å². The molecule has 1 N–H and O–H groups in total. The third-order valence-electron chi connectivity index (χ3n) is 3.77. The fraction of sp³-hybridized carbons (Fsp3) is 0.500. The molecule has 17 heavy (non-hydrogen) atoms. The summed E-state index contributed by atoms with van der Waals surface area (Å²) in [5.74, 6) is -0.0742. The molecule has 1 aliphatic rings. The molecule has 3 nitrogen and oxygen atoms in total. The molecule has 0 saturated heterocycles. The number of methoxy groups -OCH3 is 1. The van der Waals surface area contributed by atoms with E-state index in [2.05, 4.69) is 6.92 Å². The van der Waals surface area contributed by atoms with Gasteiger partial charge in [-0.25, -0.2) is 4.79 Å². The molecule has 0 heterocycles. The summed E-state index contributed by atoms with van der Waals surface area (Å²) in [7, 11) is 1.37. The quantitative estimate of drug-likeness (QED) is 0.800. The molecule has 0 spiro atoms. The van der Waals surface area contributed by atoms with Crippen LogP contribution < -0.4 is 0 Å². The second-order valence-electron chi connectivity index (χ2n) is 4.99. The van der Waals surface area contributed by atoms with Gasteiger partial charge in [-0.15, -0.1) is 0 Å². The number of carbonyl (C=O) groups is 1. The summed E-state index contributed by atoms with van der Waals surface area (Å²) in [4.78, 5) is 11.5. The van der Waals surface area contributed by atoms with Crippen molar-refractivity contribution in [2.45, 2.75) is 38.0 Å². The van der Waals surface area contributed by atoms with Crippen molar-refractivity contribution >= 4 is 5.97 Å². The Balaban J connectivity index is 2.42. The van der Waals surface area contributed by atoms with Gasteiger partial charge in [0, 0.05) is 5.56 Å². The first-order chi connectivity index (χ1) is 8.07. The lowest BCUT2D eigenvalue weighted by atomic mass is 9.80. The predicted molar refractivity (Wildman–Crippen MR) is 65.3 cm³/mol. The molecule has 1 fully saturated rings. The maximum absolute atomic E-state index is 11.5. The smallest absolute Gasteiger partial charge is 0.337 e. The Kier molecular flexibility index (Phi) is 3.09. The summed E-state index contributed by atoms with van der Waals surface area (Å²) in [5, 5.41) is 9.96. The van der Waals surface area contributed by atoms with Gasteiger partial charge < -0.3 is 9.84 Å². The lowest BCUT2D eigenvalue weighted by Gasteiger charge is -2.25. The number of hydrogen-bond donors (Lipinski definition) is 1. The molecule has 92 valence electrons. The van der Waals surface area contributed by atoms with Crippen LogP contribution in [0.3, 0.4) is 0 Å². The van der Waals surface area contributed by atoms with E-state index in [1.165, 1.54) is 20.0 Å². The maximum atomic E-state index is 11.5. The van der Waals surface area contributed by atoms with Gasteiger partial charge in [-0.3, -0.25) is 0 Å². The van der Waals surface area contributed by atoms with Crippen LogP contribution in [-0.4, -0.2) is 18.2 Å². The minimum absolute atomic E-state index is 0.00584. The molecule has 0 radical (unpaired) electrons. The summed E-state index contributed by atoms with van der Waals surface area (Å²) in [6.07, 6.45) is 4.48. The van der Waals surface area contributed by atoms with E-state index in [4.69, 9.17) is 4.74 Å². The summed E-state index contributed by atoms with van der Waals surface area (Å²) < 4.78 is 4.71. The van der Waals surface area contributed by atoms with Gasteiger partial charge >= 0.3 is 5.97 Å². The third-order valence-corrected chi connectivity index (χ3v) is 3.77. The topological polar surface area (TPSA) is 46.5 Å². The van der Waals surface area contributed by atoms with Crippen LogP contribution in [-0.2, 0) is 10.2 Å². The van der Waals surface area contributed by atoms with Crippen molar-refractivity contribution < 1.29 is 14.6 Å². The largest absolute Gasteiger partial charge is 0.508 e. The summed E-state index contributed by atoms with van der Waals surface area (Å²) in [6.45, 7) is 2.15. The van der Waals surface area contributed by atoms with Crippen LogP contribution in [0, 0.1) is 0 Å². The van der Waals surface area contributed by atoms with Crippen LogP contribution in [0.25, 0.3) is 0 Å². The Bertz CT molecular complexity index is 431. The molecular weight excluding hydrogens is 216 g/mol. The highest BCUT2D eigenvalue weighted by Crippen LogP contribution is 2.44. The number of rotatable bonds is 2. The normalized spacial score (nSPS) is 18.0. The van der Waals surface area contributed by atoms with Crippen LogP contribution in [0.15, 0.2) is 18.2 Å². The first-order valence-corrected chi connectivity index (χ1v) is 5.99. The van der Waals surface area contributed by atoms with Crippen LogP contribution >= 0.6 is 0 Å². The van der Waals surface area contributed by atoms with Gasteiger partial charge in [0.05, 0.1) is 12.7 Å². The first kappa shape index (κ1) is 12.0. The Morgan fingerprint density at radius 1 is 1.35 bits per heavy atom. The predicted octanol–water partition coefficient (Wildman–Crippen LogP) is 3.01. The zero-order valence-corrected chi connectivity index (χ0v) is 10.3. The van der Waals surface area contributed by atoms with Crippen LogP contribution in [0.4, 0.5) is 0 Å². The van der Waals surface area contributed by atoms with Gasteiger partial charge in [0.1, 0.15) is 5.75 Å². The van der Waals surface area contributed by atoms with Crippen molar-refractivity contribution in [1.29, 1.82) is 0 Å². The van der Waals surface area contributed by atoms with Crippen molar-refractivity contribution in [2.75, 3.05) is 7.11 Å². The lowest BCUT2D eigenvalue weighted by Crippen LogP contribution is -2.18. The molecule has 0 amide bonds. The van der Waals surface area contributed by atoms with Crippen LogP contribution in [0.5, 0.6) is 5.75 Å². The number of hydrogen-bond acceptors (Lipinski definition) is 3. The van der Waals surface area contributed by atoms with Crippen molar-refractivity contribution in [2.24, 2.45) is 0 Å². The first-order valence-electron chi connectivity index (χ1n) is 5.99. The summed E-state index contributed by atoms with van der Waals surface area (Å²) in [6, 6.07) is 4.96. The van der Waals surface area contributed by atoms with Crippen molar-refractivity contribution in [1.82, 2.24) is 0 Å². The monoisotopic (exact) mass is 234 g/mol. The van der Waals surface area contributed by atoms with Gasteiger partial charge in [-0.1, -0.05) is 19.8 Å². The van der Waals surface area contributed by atoms with E-state index in [1.54, 1.807) is 18.2 Å². The molecule has 0 atom stereocenters. The van der Waals surface area contributed by atoms with Crippen molar-refractivity contribution in [3.8, 4) is 5.75 Å². The number of phenols is 1. The molecule has 2 rings (SSSR count). The van der Waals surface area contributed by atoms with Crippen molar-refractivity contribution in [3.05, 3.63) is 29.3 Å². The minimum atomic E-state index is -0.354. The lowest BCUT2D eigenvalue weighted by molar-refractivity contribution is 0.0600. The molecule has 1 saturated carbocycles. The standard InChI is InChI=1S/C14H18O3/c1-14(7-3-4-8-14)11-9-10(13(16)17-2)5-6-12(11)15/h5-6,9,15H,3-4,7-8H2,1-2H3. The zero-order chi connectivity index (χ0) is 12.5. The highest BCUT2D eigenvalue weighted by molar-refractivity contribution is 5.89. The maximum Gasteiger partial charge on any atom is 0.337 e. The Morgan fingerprint density at radius 2 is 2.00 bits per heavy atom. The van der Waals surface area contributed by atoms with E-state index >= 15 is 0 Å². The highest BCUT2D eigenvalue weighted by Gasteiger charge is 2.33. The second kappa shape index (κ2) is 4.40. The van der Waals surface area contributed by atoms with Crippen LogP contribution in [0.1, 0.15) is 48.5 Å². The van der Waals surface area contributed by atoms with Gasteiger partial charge in [-0.05, 0) is 36.5 Å². The van der Waals surface area contributed by atoms with E-state index in [1.807, 2.05) is 0 Å². The number of aromatic hydroxyl groups is 1. The zero-order valence-electron chi connectivity index (χ0n) is 10.3. The van der Waals surface area contributed by atoms with Crippen LogP contribution in [0.2, 0.25) is 0 Å². The molecule has 0 aromatic heterocycles. The number of benzene rings is 1. The van der Waals surface area contributed by atoms with Gasteiger partial charge in [0.25, 0.3) is 0 Å². The molecule has 1 aromatic rings. The van der Waals surface area contributed by atoms with E-state index in [9.17, 15) is 9.90 Å². The number of phenolic OH excluding ortho intramolecular Hbond substituents is 1. The second-order valence-corrected chi connectivity index (χ2v) is 4.99. The Morgan fingerprint density at radius 3 is 2.59 bits per heavy atom. The molecule has 1 aliphatic carbocycles.